The molecule has 0 aliphatic carbocycles. The standard InChI is InChI=1S/C34H46O11S2Si/c1-24(35)42-22-34(23-43-29(21-32(40)41)27(19-30(36)37)28(34)20-31(38)39)44-15-17-46-47-18-16-45-48(33(2,3)4,25-11-7-5-8-12-25)26-13-9-6-10-14-26/h5-14,27-29H,15-23H2,1-4H3,(H,36,37)(H,38,39)(H,40,41)/t27-,28+,29+,34-/m0/s1. The van der Waals surface area contributed by atoms with E-state index in [2.05, 4.69) is 45.0 Å². The van der Waals surface area contributed by atoms with Crippen LogP contribution in [0.1, 0.15) is 47.0 Å². The fraction of sp³-hybridized carbons (Fsp3) is 0.529. The number of rotatable bonds is 19. The fourth-order valence-corrected chi connectivity index (χ4v) is 12.8. The van der Waals surface area contributed by atoms with Crippen molar-refractivity contribution < 1.29 is 53.1 Å². The van der Waals surface area contributed by atoms with Crippen LogP contribution in [0.25, 0.3) is 0 Å². The van der Waals surface area contributed by atoms with Crippen LogP contribution in [0.4, 0.5) is 0 Å². The van der Waals surface area contributed by atoms with Crippen molar-refractivity contribution in [1.29, 1.82) is 0 Å². The van der Waals surface area contributed by atoms with Gasteiger partial charge in [-0.15, -0.1) is 0 Å². The maximum absolute atomic E-state index is 12.0. The maximum atomic E-state index is 12.0. The molecule has 14 heteroatoms. The molecular formula is C34H46O11S2Si. The van der Waals surface area contributed by atoms with Crippen molar-refractivity contribution >= 4 is 64.2 Å². The Balaban J connectivity index is 1.68. The zero-order valence-electron chi connectivity index (χ0n) is 27.8. The minimum atomic E-state index is -2.66. The Kier molecular flexibility index (Phi) is 15.0. The van der Waals surface area contributed by atoms with Gasteiger partial charge in [0.05, 0.1) is 38.6 Å². The molecule has 3 rings (SSSR count). The van der Waals surface area contributed by atoms with Crippen LogP contribution in [0.15, 0.2) is 60.7 Å². The Hall–Kier alpha value is -2.88. The number of carboxylic acid groups (broad SMARTS) is 3. The van der Waals surface area contributed by atoms with E-state index in [0.717, 1.165) is 0 Å². The van der Waals surface area contributed by atoms with Gasteiger partial charge in [0.25, 0.3) is 8.32 Å². The molecule has 48 heavy (non-hydrogen) atoms. The molecule has 3 N–H and O–H groups in total. The third-order valence-corrected chi connectivity index (χ3v) is 15.8. The number of benzene rings is 2. The Morgan fingerprint density at radius 2 is 1.35 bits per heavy atom. The van der Waals surface area contributed by atoms with Crippen molar-refractivity contribution in [3.63, 3.8) is 0 Å². The van der Waals surface area contributed by atoms with Gasteiger partial charge in [0.1, 0.15) is 12.2 Å². The van der Waals surface area contributed by atoms with Gasteiger partial charge in [-0.3, -0.25) is 19.2 Å². The third kappa shape index (κ3) is 10.6. The van der Waals surface area contributed by atoms with Crippen LogP contribution in [0.2, 0.25) is 5.04 Å². The summed E-state index contributed by atoms with van der Waals surface area (Å²) in [6.07, 6.45) is -2.59. The highest BCUT2D eigenvalue weighted by Crippen LogP contribution is 2.43. The summed E-state index contributed by atoms with van der Waals surface area (Å²) in [5.74, 6) is -5.09. The largest absolute Gasteiger partial charge is 0.481 e. The summed E-state index contributed by atoms with van der Waals surface area (Å²) < 4.78 is 24.3. The van der Waals surface area contributed by atoms with Crippen LogP contribution in [0, 0.1) is 11.8 Å². The van der Waals surface area contributed by atoms with Crippen molar-refractivity contribution in [3.05, 3.63) is 60.7 Å². The van der Waals surface area contributed by atoms with Crippen LogP contribution in [-0.4, -0.2) is 97.2 Å². The van der Waals surface area contributed by atoms with E-state index in [1.807, 2.05) is 36.4 Å². The van der Waals surface area contributed by atoms with Gasteiger partial charge in [0, 0.05) is 36.9 Å². The van der Waals surface area contributed by atoms with Gasteiger partial charge in [-0.1, -0.05) is 103 Å². The molecule has 0 bridgehead atoms. The lowest BCUT2D eigenvalue weighted by Gasteiger charge is -2.49. The predicted molar refractivity (Wildman–Crippen MR) is 187 cm³/mol. The highest BCUT2D eigenvalue weighted by Gasteiger charge is 2.54. The average molecular weight is 723 g/mol. The Labute approximate surface area is 290 Å². The summed E-state index contributed by atoms with van der Waals surface area (Å²) >= 11 is 0. The number of hydrogen-bond donors (Lipinski definition) is 3. The van der Waals surface area contributed by atoms with Gasteiger partial charge in [0.15, 0.2) is 0 Å². The van der Waals surface area contributed by atoms with E-state index >= 15 is 0 Å². The number of carbonyl (C=O) groups excluding carboxylic acids is 1. The minimum absolute atomic E-state index is 0.122. The van der Waals surface area contributed by atoms with E-state index < -0.39 is 75.0 Å². The van der Waals surface area contributed by atoms with Crippen LogP contribution >= 0.6 is 21.6 Å². The molecule has 2 aromatic carbocycles. The van der Waals surface area contributed by atoms with Crippen molar-refractivity contribution in [3.8, 4) is 0 Å². The van der Waals surface area contributed by atoms with Gasteiger partial charge in [-0.05, 0) is 15.4 Å². The molecule has 1 heterocycles. The highest BCUT2D eigenvalue weighted by molar-refractivity contribution is 8.76. The van der Waals surface area contributed by atoms with Gasteiger partial charge < -0.3 is 34.0 Å². The first-order valence-electron chi connectivity index (χ1n) is 15.8. The molecule has 0 aromatic heterocycles. The summed E-state index contributed by atoms with van der Waals surface area (Å²) in [4.78, 5) is 47.0. The fourth-order valence-electron chi connectivity index (χ4n) is 6.46. The van der Waals surface area contributed by atoms with Gasteiger partial charge in [-0.2, -0.15) is 0 Å². The number of carboxylic acids is 3. The summed E-state index contributed by atoms with van der Waals surface area (Å²) in [5.41, 5.74) is -1.48. The van der Waals surface area contributed by atoms with E-state index in [-0.39, 0.29) is 24.9 Å². The molecule has 264 valence electrons. The number of ether oxygens (including phenoxy) is 3. The molecule has 0 radical (unpaired) electrons. The first-order valence-corrected chi connectivity index (χ1v) is 20.1. The van der Waals surface area contributed by atoms with Crippen molar-refractivity contribution in [2.24, 2.45) is 11.8 Å². The molecule has 1 saturated heterocycles. The Morgan fingerprint density at radius 3 is 1.83 bits per heavy atom. The second-order valence-electron chi connectivity index (χ2n) is 12.8. The summed E-state index contributed by atoms with van der Waals surface area (Å²) in [5, 5.41) is 31.0. The minimum Gasteiger partial charge on any atom is -0.481 e. The zero-order chi connectivity index (χ0) is 35.4. The third-order valence-electron chi connectivity index (χ3n) is 8.45. The summed E-state index contributed by atoms with van der Waals surface area (Å²) in [6.45, 7) is 7.89. The molecule has 0 spiro atoms. The van der Waals surface area contributed by atoms with Crippen molar-refractivity contribution in [2.75, 3.05) is 37.9 Å². The molecule has 0 saturated carbocycles. The van der Waals surface area contributed by atoms with Gasteiger partial charge in [0.2, 0.25) is 0 Å². The van der Waals surface area contributed by atoms with E-state index in [9.17, 15) is 34.5 Å². The zero-order valence-corrected chi connectivity index (χ0v) is 30.4. The van der Waals surface area contributed by atoms with E-state index in [1.54, 1.807) is 21.6 Å². The van der Waals surface area contributed by atoms with Crippen molar-refractivity contribution in [2.45, 2.75) is 63.7 Å². The molecule has 11 nitrogen and oxygen atoms in total. The lowest BCUT2D eigenvalue weighted by Crippen LogP contribution is -2.66. The first kappa shape index (κ1) is 39.6. The normalized spacial score (nSPS) is 21.4. The van der Waals surface area contributed by atoms with Crippen LogP contribution in [0.3, 0.4) is 0 Å². The SMILES string of the molecule is CC(=O)OC[C@]1(OCCSSCCO[Si](c2ccccc2)(c2ccccc2)C(C)(C)C)CO[C@H](CC(=O)O)[C@@H](CC(=O)O)[C@H]1CC(=O)O. The average Bonchev–Trinajstić information content (AvgIpc) is 3.02. The molecule has 4 atom stereocenters. The smallest absolute Gasteiger partial charge is 0.305 e. The maximum Gasteiger partial charge on any atom is 0.305 e. The Morgan fingerprint density at radius 1 is 0.833 bits per heavy atom. The first-order chi connectivity index (χ1) is 22.7. The van der Waals surface area contributed by atoms with Crippen LogP contribution < -0.4 is 10.4 Å². The molecule has 0 amide bonds. The molecule has 0 unspecified atom stereocenters. The lowest BCUT2D eigenvalue weighted by atomic mass is 9.70. The molecule has 1 aliphatic rings. The van der Waals surface area contributed by atoms with E-state index in [4.69, 9.17) is 18.6 Å². The topological polar surface area (TPSA) is 166 Å². The second-order valence-corrected chi connectivity index (χ2v) is 19.8. The van der Waals surface area contributed by atoms with Gasteiger partial charge >= 0.3 is 23.9 Å². The quantitative estimate of drug-likeness (QED) is 0.0813. The lowest BCUT2D eigenvalue weighted by molar-refractivity contribution is -0.232. The number of carbonyl (C=O) groups is 4. The number of aliphatic carboxylic acids is 3. The highest BCUT2D eigenvalue weighted by atomic mass is 33.1. The summed E-state index contributed by atoms with van der Waals surface area (Å²) in [7, 11) is 0.487. The molecule has 2 aromatic rings. The Bertz CT molecular complexity index is 1320. The number of esters is 1. The van der Waals surface area contributed by atoms with E-state index in [0.29, 0.717) is 18.1 Å². The second kappa shape index (κ2) is 18.2. The van der Waals surface area contributed by atoms with Crippen LogP contribution in [-0.2, 0) is 37.8 Å². The van der Waals surface area contributed by atoms with E-state index in [1.165, 1.54) is 17.3 Å². The van der Waals surface area contributed by atoms with Crippen molar-refractivity contribution in [1.82, 2.24) is 0 Å². The molecular weight excluding hydrogens is 677 g/mol. The molecule has 1 fully saturated rings. The van der Waals surface area contributed by atoms with Gasteiger partial charge in [-0.25, -0.2) is 0 Å². The monoisotopic (exact) mass is 722 g/mol. The summed E-state index contributed by atoms with van der Waals surface area (Å²) in [6, 6.07) is 20.8. The molecule has 1 aliphatic heterocycles. The number of hydrogen-bond acceptors (Lipinski definition) is 10. The predicted octanol–water partition coefficient (Wildman–Crippen LogP) is 4.32. The van der Waals surface area contributed by atoms with Crippen LogP contribution in [0.5, 0.6) is 0 Å².